The number of amides is 2. The maximum Gasteiger partial charge on any atom is 0.573 e. The molecule has 2 amide bonds. The van der Waals surface area contributed by atoms with Crippen LogP contribution in [0.4, 0.5) is 22.4 Å². The van der Waals surface area contributed by atoms with Crippen LogP contribution in [0.15, 0.2) is 36.5 Å². The van der Waals surface area contributed by atoms with Gasteiger partial charge in [-0.3, -0.25) is 4.98 Å². The summed E-state index contributed by atoms with van der Waals surface area (Å²) in [7, 11) is 0. The van der Waals surface area contributed by atoms with E-state index in [1.54, 1.807) is 17.0 Å². The number of pyridine rings is 1. The third-order valence-electron chi connectivity index (χ3n) is 5.27. The summed E-state index contributed by atoms with van der Waals surface area (Å²) in [5, 5.41) is 2.96. The van der Waals surface area contributed by atoms with Gasteiger partial charge in [-0.05, 0) is 42.7 Å². The minimum absolute atomic E-state index is 0.210. The number of likely N-dealkylation sites (tertiary alicyclic amines) is 1. The Bertz CT molecular complexity index is 947. The number of nitrogens with one attached hydrogen (secondary N) is 1. The van der Waals surface area contributed by atoms with Crippen molar-refractivity contribution < 1.29 is 31.8 Å². The van der Waals surface area contributed by atoms with Crippen LogP contribution in [0.5, 0.6) is 11.5 Å². The summed E-state index contributed by atoms with van der Waals surface area (Å²) in [6, 6.07) is 6.14. The highest BCUT2D eigenvalue weighted by atomic mass is 19.4. The van der Waals surface area contributed by atoms with Crippen LogP contribution in [0.2, 0.25) is 0 Å². The van der Waals surface area contributed by atoms with Gasteiger partial charge in [0.05, 0.1) is 6.61 Å². The van der Waals surface area contributed by atoms with Crippen molar-refractivity contribution in [3.05, 3.63) is 53.6 Å². The van der Waals surface area contributed by atoms with Crippen LogP contribution < -0.4 is 14.8 Å². The van der Waals surface area contributed by atoms with E-state index in [2.05, 4.69) is 15.0 Å². The lowest BCUT2D eigenvalue weighted by Crippen LogP contribution is -2.54. The molecule has 1 fully saturated rings. The SMILES string of the molecule is O=C(NC1(c2ccc(OC(F)(F)F)c(F)c2)CCOc2cccnc21)N1CCCC1. The lowest BCUT2D eigenvalue weighted by atomic mass is 9.81. The molecular weight excluding hydrogens is 406 g/mol. The molecule has 1 unspecified atom stereocenters. The van der Waals surface area contributed by atoms with Crippen LogP contribution in [-0.4, -0.2) is 42.0 Å². The highest BCUT2D eigenvalue weighted by Crippen LogP contribution is 2.42. The second-order valence-electron chi connectivity index (χ2n) is 7.17. The Morgan fingerprint density at radius 2 is 2.00 bits per heavy atom. The van der Waals surface area contributed by atoms with Crippen molar-refractivity contribution in [2.45, 2.75) is 31.2 Å². The smallest absolute Gasteiger partial charge is 0.491 e. The molecule has 1 saturated heterocycles. The van der Waals surface area contributed by atoms with E-state index >= 15 is 0 Å². The number of rotatable bonds is 3. The van der Waals surface area contributed by atoms with E-state index in [9.17, 15) is 22.4 Å². The molecule has 160 valence electrons. The third-order valence-corrected chi connectivity index (χ3v) is 5.27. The standard InChI is InChI=1S/C20H19F4N3O3/c21-14-12-13(5-6-15(14)30-20(22,23)24)19(26-18(28)27-9-1-2-10-27)7-11-29-16-4-3-8-25-17(16)19/h3-6,8,12H,1-2,7,9-11H2,(H,26,28). The summed E-state index contributed by atoms with van der Waals surface area (Å²) >= 11 is 0. The van der Waals surface area contributed by atoms with E-state index in [1.807, 2.05) is 0 Å². The Kier molecular flexibility index (Phi) is 5.17. The minimum Gasteiger partial charge on any atom is -0.491 e. The van der Waals surface area contributed by atoms with Crippen LogP contribution in [-0.2, 0) is 5.54 Å². The number of ether oxygens (including phenoxy) is 2. The van der Waals surface area contributed by atoms with Crippen molar-refractivity contribution >= 4 is 6.03 Å². The molecule has 10 heteroatoms. The Labute approximate surface area is 169 Å². The zero-order valence-corrected chi connectivity index (χ0v) is 15.8. The topological polar surface area (TPSA) is 63.7 Å². The first-order chi connectivity index (χ1) is 14.3. The number of fused-ring (bicyclic) bond motifs is 1. The van der Waals surface area contributed by atoms with Crippen molar-refractivity contribution in [2.75, 3.05) is 19.7 Å². The van der Waals surface area contributed by atoms with E-state index < -0.39 is 23.5 Å². The minimum atomic E-state index is -5.02. The van der Waals surface area contributed by atoms with Gasteiger partial charge in [0.2, 0.25) is 0 Å². The van der Waals surface area contributed by atoms with Crippen LogP contribution >= 0.6 is 0 Å². The molecule has 6 nitrogen and oxygen atoms in total. The highest BCUT2D eigenvalue weighted by Gasteiger charge is 2.44. The molecular formula is C20H19F4N3O3. The quantitative estimate of drug-likeness (QED) is 0.757. The second kappa shape index (κ2) is 7.66. The largest absolute Gasteiger partial charge is 0.573 e. The van der Waals surface area contributed by atoms with E-state index in [0.29, 0.717) is 24.5 Å². The second-order valence-corrected chi connectivity index (χ2v) is 7.17. The number of alkyl halides is 3. The maximum absolute atomic E-state index is 14.5. The maximum atomic E-state index is 14.5. The number of hydrogen-bond donors (Lipinski definition) is 1. The van der Waals surface area contributed by atoms with Gasteiger partial charge in [0.25, 0.3) is 0 Å². The number of carbonyl (C=O) groups excluding carboxylic acids is 1. The molecule has 3 heterocycles. The average Bonchev–Trinajstić information content (AvgIpc) is 3.24. The first kappa shape index (κ1) is 20.2. The van der Waals surface area contributed by atoms with Crippen LogP contribution in [0.25, 0.3) is 0 Å². The molecule has 30 heavy (non-hydrogen) atoms. The number of urea groups is 1. The Morgan fingerprint density at radius 3 is 2.70 bits per heavy atom. The normalized spacial score (nSPS) is 21.0. The van der Waals surface area contributed by atoms with E-state index in [1.165, 1.54) is 12.3 Å². The molecule has 0 bridgehead atoms. The van der Waals surface area contributed by atoms with Gasteiger partial charge in [-0.25, -0.2) is 9.18 Å². The highest BCUT2D eigenvalue weighted by molar-refractivity contribution is 5.76. The molecule has 4 rings (SSSR count). The Hall–Kier alpha value is -3.04. The fourth-order valence-electron chi connectivity index (χ4n) is 3.89. The molecule has 1 aromatic carbocycles. The molecule has 1 atom stereocenters. The van der Waals surface area contributed by atoms with Gasteiger partial charge < -0.3 is 19.7 Å². The Balaban J connectivity index is 1.77. The van der Waals surface area contributed by atoms with Gasteiger partial charge in [-0.2, -0.15) is 0 Å². The van der Waals surface area contributed by atoms with Crippen LogP contribution in [0, 0.1) is 5.82 Å². The molecule has 0 spiro atoms. The van der Waals surface area contributed by atoms with Crippen molar-refractivity contribution in [3.63, 3.8) is 0 Å². The molecule has 1 N–H and O–H groups in total. The fourth-order valence-corrected chi connectivity index (χ4v) is 3.89. The van der Waals surface area contributed by atoms with Gasteiger partial charge in [0, 0.05) is 25.7 Å². The van der Waals surface area contributed by atoms with E-state index in [0.717, 1.165) is 25.0 Å². The predicted molar refractivity (Wildman–Crippen MR) is 97.6 cm³/mol. The zero-order chi connectivity index (χ0) is 21.4. The van der Waals surface area contributed by atoms with Gasteiger partial charge >= 0.3 is 12.4 Å². The van der Waals surface area contributed by atoms with Crippen LogP contribution in [0.1, 0.15) is 30.5 Å². The monoisotopic (exact) mass is 425 g/mol. The molecule has 0 aliphatic carbocycles. The van der Waals surface area contributed by atoms with Crippen molar-refractivity contribution in [1.82, 2.24) is 15.2 Å². The summed E-state index contributed by atoms with van der Waals surface area (Å²) in [6.45, 7) is 1.40. The van der Waals surface area contributed by atoms with Gasteiger partial charge in [0.1, 0.15) is 17.0 Å². The predicted octanol–water partition coefficient (Wildman–Crippen LogP) is 3.95. The number of aromatic nitrogens is 1. The molecule has 1 aromatic heterocycles. The number of halogens is 4. The first-order valence-electron chi connectivity index (χ1n) is 9.50. The van der Waals surface area contributed by atoms with Crippen molar-refractivity contribution in [1.29, 1.82) is 0 Å². The summed E-state index contributed by atoms with van der Waals surface area (Å²) in [5.41, 5.74) is -0.635. The number of benzene rings is 1. The average molecular weight is 425 g/mol. The Morgan fingerprint density at radius 1 is 1.23 bits per heavy atom. The van der Waals surface area contributed by atoms with Gasteiger partial charge in [-0.15, -0.1) is 13.2 Å². The summed E-state index contributed by atoms with van der Waals surface area (Å²) in [5.74, 6) is -1.72. The number of carbonyl (C=O) groups is 1. The summed E-state index contributed by atoms with van der Waals surface area (Å²) in [4.78, 5) is 18.9. The van der Waals surface area contributed by atoms with Gasteiger partial charge in [-0.1, -0.05) is 6.07 Å². The lowest BCUT2D eigenvalue weighted by Gasteiger charge is -2.39. The zero-order valence-electron chi connectivity index (χ0n) is 15.8. The van der Waals surface area contributed by atoms with Gasteiger partial charge in [0.15, 0.2) is 11.6 Å². The fraction of sp³-hybridized carbons (Fsp3) is 0.400. The summed E-state index contributed by atoms with van der Waals surface area (Å²) < 4.78 is 61.4. The molecule has 2 aromatic rings. The van der Waals surface area contributed by atoms with Crippen LogP contribution in [0.3, 0.4) is 0 Å². The molecule has 2 aliphatic heterocycles. The lowest BCUT2D eigenvalue weighted by molar-refractivity contribution is -0.275. The summed E-state index contributed by atoms with van der Waals surface area (Å²) in [6.07, 6.45) is -1.50. The van der Waals surface area contributed by atoms with Crippen molar-refractivity contribution in [3.8, 4) is 11.5 Å². The molecule has 2 aliphatic rings. The first-order valence-corrected chi connectivity index (χ1v) is 9.50. The number of hydrogen-bond acceptors (Lipinski definition) is 4. The van der Waals surface area contributed by atoms with Crippen molar-refractivity contribution in [2.24, 2.45) is 0 Å². The van der Waals surface area contributed by atoms with E-state index in [4.69, 9.17) is 4.74 Å². The van der Waals surface area contributed by atoms with E-state index in [-0.39, 0.29) is 24.6 Å². The molecule has 0 radical (unpaired) electrons. The number of nitrogens with zero attached hydrogens (tertiary/aromatic N) is 2. The third kappa shape index (κ3) is 3.86. The molecule has 0 saturated carbocycles.